The first-order valence-electron chi connectivity index (χ1n) is 10.6. The SMILES string of the molecule is CC(=O)N1CCN(c2cc(CCNC(=O)Cc3cccnc3)nc(C3CC3)n2)CC1. The van der Waals surface area contributed by atoms with E-state index in [0.717, 1.165) is 61.9 Å². The van der Waals surface area contributed by atoms with Crippen molar-refractivity contribution in [1.29, 1.82) is 0 Å². The van der Waals surface area contributed by atoms with Crippen molar-refractivity contribution in [2.75, 3.05) is 37.6 Å². The molecule has 1 aliphatic carbocycles. The van der Waals surface area contributed by atoms with Crippen molar-refractivity contribution < 1.29 is 9.59 Å². The summed E-state index contributed by atoms with van der Waals surface area (Å²) in [5.74, 6) is 2.42. The Morgan fingerprint density at radius 3 is 2.63 bits per heavy atom. The van der Waals surface area contributed by atoms with E-state index in [0.29, 0.717) is 25.3 Å². The second-order valence-electron chi connectivity index (χ2n) is 7.98. The van der Waals surface area contributed by atoms with Gasteiger partial charge in [0.2, 0.25) is 11.8 Å². The highest BCUT2D eigenvalue weighted by atomic mass is 16.2. The number of amides is 2. The van der Waals surface area contributed by atoms with Gasteiger partial charge in [0, 0.05) is 76.1 Å². The molecule has 0 bridgehead atoms. The van der Waals surface area contributed by atoms with Crippen LogP contribution in [0.2, 0.25) is 0 Å². The number of pyridine rings is 1. The largest absolute Gasteiger partial charge is 0.355 e. The van der Waals surface area contributed by atoms with Gasteiger partial charge < -0.3 is 15.1 Å². The minimum atomic E-state index is -0.0138. The van der Waals surface area contributed by atoms with Crippen LogP contribution in [-0.2, 0) is 22.4 Å². The topological polar surface area (TPSA) is 91.3 Å². The van der Waals surface area contributed by atoms with E-state index in [1.165, 1.54) is 0 Å². The summed E-state index contributed by atoms with van der Waals surface area (Å²) in [6, 6.07) is 5.76. The third-order valence-corrected chi connectivity index (χ3v) is 5.57. The zero-order valence-corrected chi connectivity index (χ0v) is 17.4. The van der Waals surface area contributed by atoms with Crippen LogP contribution in [0.15, 0.2) is 30.6 Å². The third kappa shape index (κ3) is 5.31. The molecule has 1 aliphatic heterocycles. The first-order chi connectivity index (χ1) is 14.6. The zero-order valence-electron chi connectivity index (χ0n) is 17.4. The van der Waals surface area contributed by atoms with E-state index in [-0.39, 0.29) is 11.8 Å². The number of nitrogens with zero attached hydrogens (tertiary/aromatic N) is 5. The Kier molecular flexibility index (Phi) is 6.21. The van der Waals surface area contributed by atoms with E-state index >= 15 is 0 Å². The molecule has 2 aromatic heterocycles. The van der Waals surface area contributed by atoms with E-state index in [1.807, 2.05) is 23.1 Å². The number of anilines is 1. The molecule has 2 aliphatic rings. The van der Waals surface area contributed by atoms with Gasteiger partial charge in [-0.1, -0.05) is 6.07 Å². The highest BCUT2D eigenvalue weighted by Crippen LogP contribution is 2.38. The first-order valence-corrected chi connectivity index (χ1v) is 10.6. The van der Waals surface area contributed by atoms with Crippen molar-refractivity contribution in [3.63, 3.8) is 0 Å². The molecule has 1 saturated heterocycles. The number of piperazine rings is 1. The molecular formula is C22H28N6O2. The predicted octanol–water partition coefficient (Wildman–Crippen LogP) is 1.32. The summed E-state index contributed by atoms with van der Waals surface area (Å²) in [6.45, 7) is 5.16. The van der Waals surface area contributed by atoms with E-state index < -0.39 is 0 Å². The summed E-state index contributed by atoms with van der Waals surface area (Å²) in [7, 11) is 0. The molecule has 8 nitrogen and oxygen atoms in total. The van der Waals surface area contributed by atoms with Gasteiger partial charge in [0.05, 0.1) is 6.42 Å². The molecule has 2 aromatic rings. The fourth-order valence-electron chi connectivity index (χ4n) is 3.65. The maximum Gasteiger partial charge on any atom is 0.224 e. The van der Waals surface area contributed by atoms with Crippen molar-refractivity contribution in [3.05, 3.63) is 47.7 Å². The average Bonchev–Trinajstić information content (AvgIpc) is 3.60. The molecule has 1 saturated carbocycles. The van der Waals surface area contributed by atoms with Crippen LogP contribution < -0.4 is 10.2 Å². The predicted molar refractivity (Wildman–Crippen MR) is 113 cm³/mol. The molecule has 0 spiro atoms. The quantitative estimate of drug-likeness (QED) is 0.743. The van der Waals surface area contributed by atoms with Crippen LogP contribution in [0, 0.1) is 0 Å². The summed E-state index contributed by atoms with van der Waals surface area (Å²) in [4.78, 5) is 41.5. The van der Waals surface area contributed by atoms with E-state index in [1.54, 1.807) is 19.3 Å². The Bertz CT molecular complexity index is 892. The second kappa shape index (κ2) is 9.19. The molecule has 0 aromatic carbocycles. The molecule has 0 unspecified atom stereocenters. The van der Waals surface area contributed by atoms with Crippen molar-refractivity contribution in [1.82, 2.24) is 25.2 Å². The van der Waals surface area contributed by atoms with Gasteiger partial charge in [-0.15, -0.1) is 0 Å². The first kappa shape index (κ1) is 20.3. The smallest absolute Gasteiger partial charge is 0.224 e. The molecule has 2 fully saturated rings. The Hall–Kier alpha value is -3.03. The van der Waals surface area contributed by atoms with Gasteiger partial charge in [-0.2, -0.15) is 0 Å². The Morgan fingerprint density at radius 2 is 1.97 bits per heavy atom. The molecular weight excluding hydrogens is 380 g/mol. The number of rotatable bonds is 7. The monoisotopic (exact) mass is 408 g/mol. The van der Waals surface area contributed by atoms with Crippen LogP contribution in [-0.4, -0.2) is 64.4 Å². The minimum absolute atomic E-state index is 0.0138. The van der Waals surface area contributed by atoms with Crippen LogP contribution in [0.4, 0.5) is 5.82 Å². The summed E-state index contributed by atoms with van der Waals surface area (Å²) < 4.78 is 0. The standard InChI is InChI=1S/C22H28N6O2/c1-16(29)27-9-11-28(12-10-27)20-14-19(25-22(26-20)18-4-5-18)6-8-24-21(30)13-17-3-2-7-23-15-17/h2-3,7,14-15,18H,4-6,8-13H2,1H3,(H,24,30). The normalized spacial score (nSPS) is 16.4. The number of hydrogen-bond acceptors (Lipinski definition) is 6. The number of carbonyl (C=O) groups is 2. The van der Waals surface area contributed by atoms with Gasteiger partial charge in [0.15, 0.2) is 0 Å². The lowest BCUT2D eigenvalue weighted by molar-refractivity contribution is -0.129. The number of aromatic nitrogens is 3. The maximum atomic E-state index is 12.2. The lowest BCUT2D eigenvalue weighted by atomic mass is 10.2. The van der Waals surface area contributed by atoms with Crippen LogP contribution >= 0.6 is 0 Å². The van der Waals surface area contributed by atoms with E-state index in [2.05, 4.69) is 15.2 Å². The number of carbonyl (C=O) groups excluding carboxylic acids is 2. The van der Waals surface area contributed by atoms with Crippen molar-refractivity contribution in [3.8, 4) is 0 Å². The lowest BCUT2D eigenvalue weighted by Gasteiger charge is -2.35. The van der Waals surface area contributed by atoms with Crippen molar-refractivity contribution in [2.24, 2.45) is 0 Å². The summed E-state index contributed by atoms with van der Waals surface area (Å²) in [5, 5.41) is 2.98. The van der Waals surface area contributed by atoms with Crippen molar-refractivity contribution in [2.45, 2.75) is 38.5 Å². The summed E-state index contributed by atoms with van der Waals surface area (Å²) in [5.41, 5.74) is 1.86. The third-order valence-electron chi connectivity index (χ3n) is 5.57. The lowest BCUT2D eigenvalue weighted by Crippen LogP contribution is -2.48. The Morgan fingerprint density at radius 1 is 1.17 bits per heavy atom. The highest BCUT2D eigenvalue weighted by Gasteiger charge is 2.28. The van der Waals surface area contributed by atoms with Crippen molar-refractivity contribution >= 4 is 17.6 Å². The molecule has 30 heavy (non-hydrogen) atoms. The summed E-state index contributed by atoms with van der Waals surface area (Å²) >= 11 is 0. The van der Waals surface area contributed by atoms with Gasteiger partial charge in [0.1, 0.15) is 11.6 Å². The van der Waals surface area contributed by atoms with Gasteiger partial charge in [-0.25, -0.2) is 9.97 Å². The van der Waals surface area contributed by atoms with Gasteiger partial charge in [-0.05, 0) is 24.5 Å². The number of nitrogens with one attached hydrogen (secondary N) is 1. The van der Waals surface area contributed by atoms with Crippen LogP contribution in [0.5, 0.6) is 0 Å². The fraction of sp³-hybridized carbons (Fsp3) is 0.500. The number of hydrogen-bond donors (Lipinski definition) is 1. The van der Waals surface area contributed by atoms with Crippen LogP contribution in [0.25, 0.3) is 0 Å². The van der Waals surface area contributed by atoms with E-state index in [9.17, 15) is 9.59 Å². The van der Waals surface area contributed by atoms with E-state index in [4.69, 9.17) is 9.97 Å². The second-order valence-corrected chi connectivity index (χ2v) is 7.98. The Balaban J connectivity index is 1.36. The zero-order chi connectivity index (χ0) is 20.9. The fourth-order valence-corrected chi connectivity index (χ4v) is 3.65. The minimum Gasteiger partial charge on any atom is -0.355 e. The molecule has 0 atom stereocenters. The molecule has 0 radical (unpaired) electrons. The maximum absolute atomic E-state index is 12.2. The average molecular weight is 409 g/mol. The molecule has 3 heterocycles. The molecule has 2 amide bonds. The summed E-state index contributed by atoms with van der Waals surface area (Å²) in [6.07, 6.45) is 6.69. The molecule has 1 N–H and O–H groups in total. The van der Waals surface area contributed by atoms with Gasteiger partial charge in [0.25, 0.3) is 0 Å². The van der Waals surface area contributed by atoms with Gasteiger partial charge >= 0.3 is 0 Å². The van der Waals surface area contributed by atoms with Gasteiger partial charge in [-0.3, -0.25) is 14.6 Å². The molecule has 4 rings (SSSR count). The Labute approximate surface area is 176 Å². The van der Waals surface area contributed by atoms with Crippen LogP contribution in [0.3, 0.4) is 0 Å². The van der Waals surface area contributed by atoms with Crippen LogP contribution in [0.1, 0.15) is 42.8 Å². The molecule has 158 valence electrons. The highest BCUT2D eigenvalue weighted by molar-refractivity contribution is 5.78. The molecule has 8 heteroatoms.